The molecule has 0 saturated heterocycles. The molecule has 0 aliphatic rings. The number of methoxy groups -OCH3 is 1. The molecule has 4 aromatic rings. The van der Waals surface area contributed by atoms with Crippen molar-refractivity contribution in [3.8, 4) is 5.75 Å². The van der Waals surface area contributed by atoms with Gasteiger partial charge in [-0.1, -0.05) is 18.9 Å². The number of nitrogens with zero attached hydrogens (tertiary/aromatic N) is 1. The van der Waals surface area contributed by atoms with E-state index in [2.05, 4.69) is 41.5 Å². The molecule has 0 aliphatic carbocycles. The van der Waals surface area contributed by atoms with Gasteiger partial charge >= 0.3 is 0 Å². The van der Waals surface area contributed by atoms with Crippen molar-refractivity contribution in [3.63, 3.8) is 0 Å². The highest BCUT2D eigenvalue weighted by Gasteiger charge is 2.15. The van der Waals surface area contributed by atoms with Crippen molar-refractivity contribution in [3.05, 3.63) is 42.1 Å². The zero-order chi connectivity index (χ0) is 19.5. The highest BCUT2D eigenvalue weighted by Crippen LogP contribution is 2.37. The van der Waals surface area contributed by atoms with Crippen LogP contribution in [-0.2, 0) is 0 Å². The molecule has 5 heteroatoms. The van der Waals surface area contributed by atoms with Crippen molar-refractivity contribution < 1.29 is 4.74 Å². The van der Waals surface area contributed by atoms with Crippen LogP contribution in [0.5, 0.6) is 5.75 Å². The van der Waals surface area contributed by atoms with Crippen LogP contribution in [-0.4, -0.2) is 30.2 Å². The number of hydrogen-bond donors (Lipinski definition) is 3. The van der Waals surface area contributed by atoms with E-state index in [0.717, 1.165) is 54.1 Å². The zero-order valence-electron chi connectivity index (χ0n) is 16.6. The number of aromatic amines is 1. The summed E-state index contributed by atoms with van der Waals surface area (Å²) in [7, 11) is 1.70. The second kappa shape index (κ2) is 8.07. The topological polar surface area (TPSA) is 76.0 Å². The Bertz CT molecular complexity index is 1120. The number of pyridine rings is 1. The SMILES string of the molecule is COc1ccc2c(ccc3[nH]c4c(C)cnc(NCCCCCCN)c4c32)c1. The van der Waals surface area contributed by atoms with Gasteiger partial charge in [-0.25, -0.2) is 4.98 Å². The predicted molar refractivity (Wildman–Crippen MR) is 118 cm³/mol. The Morgan fingerprint density at radius 1 is 1.07 bits per heavy atom. The Morgan fingerprint density at radius 3 is 2.75 bits per heavy atom. The first-order valence-corrected chi connectivity index (χ1v) is 10.0. The molecule has 0 spiro atoms. The van der Waals surface area contributed by atoms with E-state index in [1.807, 2.05) is 12.3 Å². The van der Waals surface area contributed by atoms with Crippen LogP contribution in [0.3, 0.4) is 0 Å². The van der Waals surface area contributed by atoms with Crippen molar-refractivity contribution in [2.24, 2.45) is 5.73 Å². The predicted octanol–water partition coefficient (Wildman–Crippen LogP) is 5.12. The first-order valence-electron chi connectivity index (χ1n) is 10.0. The van der Waals surface area contributed by atoms with Gasteiger partial charge in [0.05, 0.1) is 18.0 Å². The Morgan fingerprint density at radius 2 is 1.93 bits per heavy atom. The van der Waals surface area contributed by atoms with E-state index in [1.165, 1.54) is 34.4 Å². The summed E-state index contributed by atoms with van der Waals surface area (Å²) < 4.78 is 5.40. The van der Waals surface area contributed by atoms with Gasteiger partial charge in [0.15, 0.2) is 0 Å². The van der Waals surface area contributed by atoms with Crippen molar-refractivity contribution in [1.29, 1.82) is 0 Å². The van der Waals surface area contributed by atoms with Gasteiger partial charge in [-0.05, 0) is 66.9 Å². The maximum Gasteiger partial charge on any atom is 0.136 e. The second-order valence-corrected chi connectivity index (χ2v) is 7.37. The van der Waals surface area contributed by atoms with Crippen LogP contribution >= 0.6 is 0 Å². The average Bonchev–Trinajstić information content (AvgIpc) is 3.12. The molecule has 0 fully saturated rings. The van der Waals surface area contributed by atoms with E-state index >= 15 is 0 Å². The average molecular weight is 377 g/mol. The summed E-state index contributed by atoms with van der Waals surface area (Å²) in [5, 5.41) is 8.34. The summed E-state index contributed by atoms with van der Waals surface area (Å²) in [4.78, 5) is 8.33. The summed E-state index contributed by atoms with van der Waals surface area (Å²) in [6.07, 6.45) is 6.55. The van der Waals surface area contributed by atoms with Crippen LogP contribution in [0.15, 0.2) is 36.5 Å². The molecule has 0 amide bonds. The number of aryl methyl sites for hydroxylation is 1. The van der Waals surface area contributed by atoms with Crippen LogP contribution in [0.25, 0.3) is 32.6 Å². The number of unbranched alkanes of at least 4 members (excludes halogenated alkanes) is 3. The number of hydrogen-bond acceptors (Lipinski definition) is 4. The van der Waals surface area contributed by atoms with Gasteiger partial charge < -0.3 is 20.8 Å². The Hall–Kier alpha value is -2.79. The van der Waals surface area contributed by atoms with Crippen LogP contribution in [0.2, 0.25) is 0 Å². The fraction of sp³-hybridized carbons (Fsp3) is 0.348. The molecule has 0 aliphatic heterocycles. The van der Waals surface area contributed by atoms with Gasteiger partial charge in [0.25, 0.3) is 0 Å². The van der Waals surface area contributed by atoms with E-state index in [9.17, 15) is 0 Å². The molecule has 28 heavy (non-hydrogen) atoms. The monoisotopic (exact) mass is 376 g/mol. The maximum atomic E-state index is 5.58. The molecule has 146 valence electrons. The number of anilines is 1. The van der Waals surface area contributed by atoms with Crippen molar-refractivity contribution in [1.82, 2.24) is 9.97 Å². The third-order valence-electron chi connectivity index (χ3n) is 5.43. The molecular formula is C23H28N4O. The highest BCUT2D eigenvalue weighted by molar-refractivity contribution is 6.23. The fourth-order valence-electron chi connectivity index (χ4n) is 3.92. The summed E-state index contributed by atoms with van der Waals surface area (Å²) in [5.74, 6) is 1.82. The molecule has 2 heterocycles. The smallest absolute Gasteiger partial charge is 0.136 e. The molecule has 0 radical (unpaired) electrons. The third-order valence-corrected chi connectivity index (χ3v) is 5.43. The lowest BCUT2D eigenvalue weighted by molar-refractivity contribution is 0.415. The Kier molecular flexibility index (Phi) is 5.35. The zero-order valence-corrected chi connectivity index (χ0v) is 16.6. The molecule has 2 aromatic carbocycles. The first-order chi connectivity index (χ1) is 13.7. The minimum Gasteiger partial charge on any atom is -0.497 e. The number of H-pyrrole nitrogens is 1. The van der Waals surface area contributed by atoms with Gasteiger partial charge in [-0.3, -0.25) is 0 Å². The molecule has 4 N–H and O–H groups in total. The summed E-state index contributed by atoms with van der Waals surface area (Å²) in [5.41, 5.74) is 9.02. The molecule has 0 atom stereocenters. The number of rotatable bonds is 8. The van der Waals surface area contributed by atoms with Crippen LogP contribution < -0.4 is 15.8 Å². The summed E-state index contributed by atoms with van der Waals surface area (Å²) >= 11 is 0. The Balaban J connectivity index is 1.77. The van der Waals surface area contributed by atoms with Gasteiger partial charge in [0.1, 0.15) is 11.6 Å². The standard InChI is InChI=1S/C23H28N4O/c1-15-14-26-23(25-12-6-4-3-5-11-24)21-20-18-9-8-17(28-2)13-16(18)7-10-19(20)27-22(15)21/h7-10,13-14,27H,3-6,11-12,24H2,1-2H3,(H,25,26). The van der Waals surface area contributed by atoms with Crippen LogP contribution in [0.4, 0.5) is 5.82 Å². The number of fused-ring (bicyclic) bond motifs is 5. The van der Waals surface area contributed by atoms with Crippen molar-refractivity contribution in [2.45, 2.75) is 32.6 Å². The maximum absolute atomic E-state index is 5.58. The molecule has 0 saturated carbocycles. The minimum atomic E-state index is 0.779. The number of nitrogens with two attached hydrogens (primary N) is 1. The normalized spacial score (nSPS) is 11.5. The quantitative estimate of drug-likeness (QED) is 0.373. The van der Waals surface area contributed by atoms with Crippen molar-refractivity contribution >= 4 is 38.4 Å². The summed E-state index contributed by atoms with van der Waals surface area (Å²) in [6.45, 7) is 3.80. The molecule has 0 bridgehead atoms. The number of nitrogens with one attached hydrogen (secondary N) is 2. The lowest BCUT2D eigenvalue weighted by Gasteiger charge is -2.09. The fourth-order valence-corrected chi connectivity index (χ4v) is 3.92. The number of aromatic nitrogens is 2. The molecule has 0 unspecified atom stereocenters. The van der Waals surface area contributed by atoms with E-state index in [-0.39, 0.29) is 0 Å². The third kappa shape index (κ3) is 3.38. The number of ether oxygens (including phenoxy) is 1. The molecule has 2 aromatic heterocycles. The highest BCUT2D eigenvalue weighted by atomic mass is 16.5. The molecular weight excluding hydrogens is 348 g/mol. The number of benzene rings is 2. The van der Waals surface area contributed by atoms with Crippen molar-refractivity contribution in [2.75, 3.05) is 25.5 Å². The largest absolute Gasteiger partial charge is 0.497 e. The summed E-state index contributed by atoms with van der Waals surface area (Å²) in [6, 6.07) is 10.5. The van der Waals surface area contributed by atoms with E-state index in [4.69, 9.17) is 15.5 Å². The van der Waals surface area contributed by atoms with Crippen LogP contribution in [0, 0.1) is 6.92 Å². The Labute approximate surface area is 165 Å². The van der Waals surface area contributed by atoms with E-state index in [0.29, 0.717) is 0 Å². The lowest BCUT2D eigenvalue weighted by atomic mass is 10.0. The minimum absolute atomic E-state index is 0.779. The first kappa shape index (κ1) is 18.6. The van der Waals surface area contributed by atoms with Gasteiger partial charge in [-0.2, -0.15) is 0 Å². The second-order valence-electron chi connectivity index (χ2n) is 7.37. The van der Waals surface area contributed by atoms with E-state index in [1.54, 1.807) is 7.11 Å². The van der Waals surface area contributed by atoms with Gasteiger partial charge in [0.2, 0.25) is 0 Å². The van der Waals surface area contributed by atoms with Gasteiger partial charge in [-0.15, -0.1) is 0 Å². The molecule has 5 nitrogen and oxygen atoms in total. The van der Waals surface area contributed by atoms with E-state index < -0.39 is 0 Å². The van der Waals surface area contributed by atoms with Crippen LogP contribution in [0.1, 0.15) is 31.2 Å². The lowest BCUT2D eigenvalue weighted by Crippen LogP contribution is -2.04. The molecule has 4 rings (SSSR count). The van der Waals surface area contributed by atoms with Gasteiger partial charge in [0, 0.05) is 23.6 Å².